The van der Waals surface area contributed by atoms with Gasteiger partial charge in [-0.2, -0.15) is 0 Å². The fourth-order valence-electron chi connectivity index (χ4n) is 2.09. The third-order valence-electron chi connectivity index (χ3n) is 3.17. The molecule has 0 radical (unpaired) electrons. The van der Waals surface area contributed by atoms with Crippen LogP contribution in [-0.2, 0) is 0 Å². The molecular formula is C16H31N. The van der Waals surface area contributed by atoms with Crippen LogP contribution >= 0.6 is 0 Å². The monoisotopic (exact) mass is 237 g/mol. The van der Waals surface area contributed by atoms with E-state index in [4.69, 9.17) is 0 Å². The quantitative estimate of drug-likeness (QED) is 0.411. The molecule has 0 rings (SSSR count). The maximum absolute atomic E-state index is 3.67. The maximum atomic E-state index is 3.67. The predicted molar refractivity (Wildman–Crippen MR) is 78.1 cm³/mol. The van der Waals surface area contributed by atoms with E-state index >= 15 is 0 Å². The van der Waals surface area contributed by atoms with Gasteiger partial charge in [-0.1, -0.05) is 52.4 Å². The zero-order chi connectivity index (χ0) is 12.8. The van der Waals surface area contributed by atoms with Gasteiger partial charge < -0.3 is 5.32 Å². The van der Waals surface area contributed by atoms with Crippen LogP contribution in [0.4, 0.5) is 0 Å². The molecule has 0 heterocycles. The lowest BCUT2D eigenvalue weighted by Gasteiger charge is -2.18. The first-order chi connectivity index (χ1) is 8.35. The molecule has 100 valence electrons. The van der Waals surface area contributed by atoms with Gasteiger partial charge in [-0.3, -0.25) is 0 Å². The van der Waals surface area contributed by atoms with Crippen molar-refractivity contribution < 1.29 is 0 Å². The maximum Gasteiger partial charge on any atom is 0.0214 e. The van der Waals surface area contributed by atoms with Gasteiger partial charge in [0.15, 0.2) is 0 Å². The molecule has 0 saturated heterocycles. The van der Waals surface area contributed by atoms with E-state index in [0.717, 1.165) is 19.0 Å². The zero-order valence-corrected chi connectivity index (χ0v) is 12.1. The lowest BCUT2D eigenvalue weighted by molar-refractivity contribution is 0.423. The van der Waals surface area contributed by atoms with Crippen molar-refractivity contribution >= 4 is 0 Å². The van der Waals surface area contributed by atoms with Crippen LogP contribution in [-0.4, -0.2) is 12.6 Å². The molecule has 0 amide bonds. The molecule has 0 spiro atoms. The molecular weight excluding hydrogens is 206 g/mol. The summed E-state index contributed by atoms with van der Waals surface area (Å²) in [5.41, 5.74) is 0. The van der Waals surface area contributed by atoms with E-state index in [1.807, 2.05) is 6.92 Å². The highest BCUT2D eigenvalue weighted by molar-refractivity contribution is 4.95. The molecule has 0 unspecified atom stereocenters. The van der Waals surface area contributed by atoms with Crippen molar-refractivity contribution in [2.75, 3.05) is 6.54 Å². The van der Waals surface area contributed by atoms with E-state index < -0.39 is 0 Å². The predicted octanol–water partition coefficient (Wildman–Crippen LogP) is 4.52. The molecule has 0 aliphatic heterocycles. The Bertz CT molecular complexity index is 189. The number of hydrogen-bond acceptors (Lipinski definition) is 1. The fourth-order valence-corrected chi connectivity index (χ4v) is 2.09. The highest BCUT2D eigenvalue weighted by Gasteiger charge is 2.06. The van der Waals surface area contributed by atoms with Crippen LogP contribution in [0.2, 0.25) is 0 Å². The molecule has 1 N–H and O–H groups in total. The number of rotatable bonds is 11. The van der Waals surface area contributed by atoms with Crippen LogP contribution in [0, 0.1) is 11.8 Å². The summed E-state index contributed by atoms with van der Waals surface area (Å²) in [6, 6.07) is 0.728. The number of hydrogen-bond donors (Lipinski definition) is 1. The second kappa shape index (κ2) is 13.6. The minimum absolute atomic E-state index is 0.728. The summed E-state index contributed by atoms with van der Waals surface area (Å²) in [5, 5.41) is 3.67. The second-order valence-corrected chi connectivity index (χ2v) is 4.82. The zero-order valence-electron chi connectivity index (χ0n) is 12.1. The Hall–Kier alpha value is -0.480. The summed E-state index contributed by atoms with van der Waals surface area (Å²) in [7, 11) is 0. The number of nitrogens with one attached hydrogen (secondary N) is 1. The Labute approximate surface area is 109 Å². The topological polar surface area (TPSA) is 12.0 Å². The Morgan fingerprint density at radius 2 is 1.53 bits per heavy atom. The molecule has 0 aromatic rings. The minimum atomic E-state index is 0.728. The highest BCUT2D eigenvalue weighted by Crippen LogP contribution is 2.10. The summed E-state index contributed by atoms with van der Waals surface area (Å²) in [5.74, 6) is 6.08. The summed E-state index contributed by atoms with van der Waals surface area (Å²) < 4.78 is 0. The van der Waals surface area contributed by atoms with Gasteiger partial charge in [-0.05, 0) is 19.8 Å². The molecule has 0 atom stereocenters. The fraction of sp³-hybridized carbons (Fsp3) is 0.875. The third-order valence-corrected chi connectivity index (χ3v) is 3.17. The van der Waals surface area contributed by atoms with Crippen molar-refractivity contribution in [3.8, 4) is 11.8 Å². The van der Waals surface area contributed by atoms with Crippen molar-refractivity contribution in [3.63, 3.8) is 0 Å². The Kier molecular flexibility index (Phi) is 13.2. The lowest BCUT2D eigenvalue weighted by Crippen LogP contribution is -2.29. The molecule has 0 aromatic heterocycles. The van der Waals surface area contributed by atoms with E-state index in [1.165, 1.54) is 51.4 Å². The first-order valence-corrected chi connectivity index (χ1v) is 7.48. The van der Waals surface area contributed by atoms with Crippen molar-refractivity contribution in [2.45, 2.75) is 84.6 Å². The molecule has 1 nitrogen and oxygen atoms in total. The van der Waals surface area contributed by atoms with Gasteiger partial charge in [0.25, 0.3) is 0 Å². The minimum Gasteiger partial charge on any atom is -0.313 e. The number of unbranched alkanes of at least 4 members (excludes halogenated alkanes) is 4. The van der Waals surface area contributed by atoms with Gasteiger partial charge in [0.05, 0.1) is 0 Å². The average molecular weight is 237 g/mol. The highest BCUT2D eigenvalue weighted by atomic mass is 14.9. The smallest absolute Gasteiger partial charge is 0.0214 e. The molecule has 17 heavy (non-hydrogen) atoms. The summed E-state index contributed by atoms with van der Waals surface area (Å²) in [4.78, 5) is 0. The van der Waals surface area contributed by atoms with Gasteiger partial charge in [0.1, 0.15) is 0 Å². The molecule has 0 aromatic carbocycles. The van der Waals surface area contributed by atoms with Gasteiger partial charge >= 0.3 is 0 Å². The average Bonchev–Trinajstić information content (AvgIpc) is 2.34. The van der Waals surface area contributed by atoms with E-state index in [2.05, 4.69) is 31.0 Å². The van der Waals surface area contributed by atoms with E-state index in [0.29, 0.717) is 0 Å². The summed E-state index contributed by atoms with van der Waals surface area (Å²) in [6.07, 6.45) is 11.8. The van der Waals surface area contributed by atoms with Crippen LogP contribution in [0.1, 0.15) is 78.6 Å². The largest absolute Gasteiger partial charge is 0.313 e. The van der Waals surface area contributed by atoms with Gasteiger partial charge in [0.2, 0.25) is 0 Å². The second-order valence-electron chi connectivity index (χ2n) is 4.82. The van der Waals surface area contributed by atoms with Crippen LogP contribution in [0.25, 0.3) is 0 Å². The Balaban J connectivity index is 3.69. The van der Waals surface area contributed by atoms with E-state index in [1.54, 1.807) is 0 Å². The van der Waals surface area contributed by atoms with Gasteiger partial charge in [-0.25, -0.2) is 0 Å². The van der Waals surface area contributed by atoms with Crippen molar-refractivity contribution in [2.24, 2.45) is 0 Å². The van der Waals surface area contributed by atoms with Crippen LogP contribution < -0.4 is 5.32 Å². The van der Waals surface area contributed by atoms with Crippen molar-refractivity contribution in [1.82, 2.24) is 5.32 Å². The van der Waals surface area contributed by atoms with Crippen molar-refractivity contribution in [3.05, 3.63) is 0 Å². The van der Waals surface area contributed by atoms with Crippen LogP contribution in [0.15, 0.2) is 0 Å². The molecule has 0 aliphatic rings. The van der Waals surface area contributed by atoms with Crippen LogP contribution in [0.3, 0.4) is 0 Å². The standard InChI is InChI=1S/C16H31N/c1-4-7-10-13-16(14-11-8-5-2)17-15-12-9-6-3/h16-17H,4-5,7-8,10-15H2,1-3H3. The first kappa shape index (κ1) is 16.5. The van der Waals surface area contributed by atoms with Crippen molar-refractivity contribution in [1.29, 1.82) is 0 Å². The molecule has 0 fully saturated rings. The Morgan fingerprint density at radius 1 is 0.941 bits per heavy atom. The van der Waals surface area contributed by atoms with Gasteiger partial charge in [0, 0.05) is 19.0 Å². The molecule has 0 bridgehead atoms. The molecule has 0 saturated carbocycles. The van der Waals surface area contributed by atoms with Gasteiger partial charge in [-0.15, -0.1) is 11.8 Å². The summed E-state index contributed by atoms with van der Waals surface area (Å²) >= 11 is 0. The Morgan fingerprint density at radius 3 is 2.00 bits per heavy atom. The lowest BCUT2D eigenvalue weighted by atomic mass is 10.0. The van der Waals surface area contributed by atoms with E-state index in [9.17, 15) is 0 Å². The third kappa shape index (κ3) is 11.8. The van der Waals surface area contributed by atoms with E-state index in [-0.39, 0.29) is 0 Å². The first-order valence-electron chi connectivity index (χ1n) is 7.48. The molecule has 0 aliphatic carbocycles. The van der Waals surface area contributed by atoms with Crippen LogP contribution in [0.5, 0.6) is 0 Å². The summed E-state index contributed by atoms with van der Waals surface area (Å²) in [6.45, 7) is 7.52. The molecule has 1 heteroatoms. The SMILES string of the molecule is CC#CCCNC(CCCCC)CCCCC. The normalized spacial score (nSPS) is 10.4.